The van der Waals surface area contributed by atoms with Crippen LogP contribution < -0.4 is 0 Å². The summed E-state index contributed by atoms with van der Waals surface area (Å²) in [6.07, 6.45) is 3.49. The van der Waals surface area contributed by atoms with Crippen molar-refractivity contribution in [2.75, 3.05) is 6.54 Å². The van der Waals surface area contributed by atoms with E-state index in [2.05, 4.69) is 17.2 Å². The van der Waals surface area contributed by atoms with Crippen molar-refractivity contribution in [3.8, 4) is 5.69 Å². The first-order valence-electron chi connectivity index (χ1n) is 9.44. The quantitative estimate of drug-likeness (QED) is 0.698. The summed E-state index contributed by atoms with van der Waals surface area (Å²) < 4.78 is 16.0. The fourth-order valence-electron chi connectivity index (χ4n) is 4.25. The number of hydrogen-bond acceptors (Lipinski definition) is 2. The van der Waals surface area contributed by atoms with E-state index in [0.717, 1.165) is 36.9 Å². The van der Waals surface area contributed by atoms with Gasteiger partial charge in [0.2, 0.25) is 0 Å². The molecule has 0 saturated carbocycles. The SMILES string of the molecule is O=C(c1nn(-c2ccccc2F)c2c1CCC2)N1CCc2ccccc2C1. The van der Waals surface area contributed by atoms with Crippen LogP contribution in [0.3, 0.4) is 0 Å². The van der Waals surface area contributed by atoms with Crippen molar-refractivity contribution in [3.05, 3.63) is 82.4 Å². The fraction of sp³-hybridized carbons (Fsp3) is 0.273. The Morgan fingerprint density at radius 3 is 2.59 bits per heavy atom. The maximum atomic E-state index is 14.3. The van der Waals surface area contributed by atoms with Gasteiger partial charge in [-0.25, -0.2) is 9.07 Å². The van der Waals surface area contributed by atoms with Crippen LogP contribution >= 0.6 is 0 Å². The summed E-state index contributed by atoms with van der Waals surface area (Å²) in [6.45, 7) is 1.30. The maximum absolute atomic E-state index is 14.3. The first-order chi connectivity index (χ1) is 13.2. The van der Waals surface area contributed by atoms with Gasteiger partial charge in [0, 0.05) is 24.3 Å². The van der Waals surface area contributed by atoms with E-state index in [1.54, 1.807) is 22.9 Å². The van der Waals surface area contributed by atoms with Gasteiger partial charge in [-0.05, 0) is 48.9 Å². The number of benzene rings is 2. The highest BCUT2D eigenvalue weighted by molar-refractivity contribution is 5.94. The normalized spacial score (nSPS) is 15.5. The van der Waals surface area contributed by atoms with Crippen LogP contribution in [0.15, 0.2) is 48.5 Å². The summed E-state index contributed by atoms with van der Waals surface area (Å²) in [5.41, 5.74) is 5.37. The van der Waals surface area contributed by atoms with Gasteiger partial charge in [0.05, 0.1) is 0 Å². The monoisotopic (exact) mass is 361 g/mol. The lowest BCUT2D eigenvalue weighted by molar-refractivity contribution is 0.0727. The number of aromatic nitrogens is 2. The molecule has 1 aromatic heterocycles. The van der Waals surface area contributed by atoms with E-state index in [-0.39, 0.29) is 11.7 Å². The van der Waals surface area contributed by atoms with Crippen molar-refractivity contribution in [1.82, 2.24) is 14.7 Å². The summed E-state index contributed by atoms with van der Waals surface area (Å²) in [6, 6.07) is 14.9. The van der Waals surface area contributed by atoms with Crippen molar-refractivity contribution < 1.29 is 9.18 Å². The number of carbonyl (C=O) groups excluding carboxylic acids is 1. The molecule has 1 amide bonds. The highest BCUT2D eigenvalue weighted by atomic mass is 19.1. The minimum Gasteiger partial charge on any atom is -0.333 e. The molecule has 2 aliphatic rings. The zero-order valence-corrected chi connectivity index (χ0v) is 15.0. The lowest BCUT2D eigenvalue weighted by atomic mass is 9.99. The summed E-state index contributed by atoms with van der Waals surface area (Å²) in [5, 5.41) is 4.58. The molecule has 2 heterocycles. The van der Waals surface area contributed by atoms with Gasteiger partial charge in [-0.2, -0.15) is 5.10 Å². The molecule has 136 valence electrons. The van der Waals surface area contributed by atoms with E-state index < -0.39 is 0 Å². The molecule has 27 heavy (non-hydrogen) atoms. The predicted molar refractivity (Wildman–Crippen MR) is 100 cm³/mol. The van der Waals surface area contributed by atoms with Crippen molar-refractivity contribution in [2.45, 2.75) is 32.2 Å². The minimum absolute atomic E-state index is 0.0438. The van der Waals surface area contributed by atoms with E-state index in [1.165, 1.54) is 17.2 Å². The Balaban J connectivity index is 1.52. The molecule has 0 saturated heterocycles. The number of para-hydroxylation sites is 1. The Kier molecular flexibility index (Phi) is 3.81. The van der Waals surface area contributed by atoms with E-state index in [9.17, 15) is 9.18 Å². The summed E-state index contributed by atoms with van der Waals surface area (Å²) >= 11 is 0. The number of fused-ring (bicyclic) bond motifs is 2. The highest BCUT2D eigenvalue weighted by Gasteiger charge is 2.31. The van der Waals surface area contributed by atoms with Crippen LogP contribution in [0.4, 0.5) is 4.39 Å². The zero-order valence-electron chi connectivity index (χ0n) is 15.0. The number of hydrogen-bond donors (Lipinski definition) is 0. The lowest BCUT2D eigenvalue weighted by Gasteiger charge is -2.28. The number of nitrogens with zero attached hydrogens (tertiary/aromatic N) is 3. The average Bonchev–Trinajstić information content (AvgIpc) is 3.30. The standard InChI is InChI=1S/C22H20FN3O/c23-18-9-3-4-10-20(18)26-19-11-5-8-17(19)21(24-26)22(27)25-13-12-15-6-1-2-7-16(15)14-25/h1-4,6-7,9-10H,5,8,11-14H2. The molecule has 0 unspecified atom stereocenters. The van der Waals surface area contributed by atoms with Gasteiger partial charge < -0.3 is 4.90 Å². The molecule has 1 aliphatic carbocycles. The molecule has 1 aliphatic heterocycles. The number of halogens is 1. The van der Waals surface area contributed by atoms with Crippen molar-refractivity contribution in [1.29, 1.82) is 0 Å². The predicted octanol–water partition coefficient (Wildman–Crippen LogP) is 3.70. The molecule has 5 rings (SSSR count). The summed E-state index contributed by atoms with van der Waals surface area (Å²) in [4.78, 5) is 15.1. The maximum Gasteiger partial charge on any atom is 0.274 e. The van der Waals surface area contributed by atoms with Crippen LogP contribution in [0.5, 0.6) is 0 Å². The van der Waals surface area contributed by atoms with Gasteiger partial charge >= 0.3 is 0 Å². The summed E-state index contributed by atoms with van der Waals surface area (Å²) in [7, 11) is 0. The molecule has 0 spiro atoms. The van der Waals surface area contributed by atoms with E-state index in [0.29, 0.717) is 24.5 Å². The molecule has 0 N–H and O–H groups in total. The van der Waals surface area contributed by atoms with Gasteiger partial charge in [0.1, 0.15) is 11.5 Å². The van der Waals surface area contributed by atoms with Crippen LogP contribution in [0.25, 0.3) is 5.69 Å². The average molecular weight is 361 g/mol. The van der Waals surface area contributed by atoms with Crippen molar-refractivity contribution >= 4 is 5.91 Å². The van der Waals surface area contributed by atoms with E-state index in [4.69, 9.17) is 0 Å². The number of rotatable bonds is 2. The minimum atomic E-state index is -0.319. The molecule has 2 aromatic carbocycles. The third kappa shape index (κ3) is 2.65. The van der Waals surface area contributed by atoms with Crippen LogP contribution in [0, 0.1) is 5.82 Å². The van der Waals surface area contributed by atoms with Crippen molar-refractivity contribution in [3.63, 3.8) is 0 Å². The van der Waals surface area contributed by atoms with Gasteiger partial charge in [-0.1, -0.05) is 36.4 Å². The number of amides is 1. The first-order valence-corrected chi connectivity index (χ1v) is 9.44. The highest BCUT2D eigenvalue weighted by Crippen LogP contribution is 2.30. The Morgan fingerprint density at radius 2 is 1.74 bits per heavy atom. The second-order valence-corrected chi connectivity index (χ2v) is 7.24. The van der Waals surface area contributed by atoms with Gasteiger partial charge in [-0.3, -0.25) is 4.79 Å². The van der Waals surface area contributed by atoms with E-state index >= 15 is 0 Å². The molecular weight excluding hydrogens is 341 g/mol. The molecular formula is C22H20FN3O. The number of carbonyl (C=O) groups is 1. The smallest absolute Gasteiger partial charge is 0.274 e. The molecule has 0 bridgehead atoms. The van der Waals surface area contributed by atoms with Crippen LogP contribution in [-0.4, -0.2) is 27.1 Å². The Labute approximate surface area is 157 Å². The molecule has 0 atom stereocenters. The molecule has 3 aromatic rings. The first kappa shape index (κ1) is 16.2. The summed E-state index contributed by atoms with van der Waals surface area (Å²) in [5.74, 6) is -0.363. The fourth-order valence-corrected chi connectivity index (χ4v) is 4.25. The van der Waals surface area contributed by atoms with E-state index in [1.807, 2.05) is 17.0 Å². The Morgan fingerprint density at radius 1 is 0.963 bits per heavy atom. The Hall–Kier alpha value is -2.95. The molecule has 0 radical (unpaired) electrons. The Bertz CT molecular complexity index is 1040. The molecule has 5 heteroatoms. The topological polar surface area (TPSA) is 38.1 Å². The second-order valence-electron chi connectivity index (χ2n) is 7.24. The van der Waals surface area contributed by atoms with Crippen LogP contribution in [0.2, 0.25) is 0 Å². The zero-order chi connectivity index (χ0) is 18.4. The van der Waals surface area contributed by atoms with Crippen LogP contribution in [0.1, 0.15) is 39.3 Å². The molecule has 4 nitrogen and oxygen atoms in total. The van der Waals surface area contributed by atoms with Crippen molar-refractivity contribution in [2.24, 2.45) is 0 Å². The third-order valence-corrected chi connectivity index (χ3v) is 5.63. The third-order valence-electron chi connectivity index (χ3n) is 5.63. The largest absolute Gasteiger partial charge is 0.333 e. The van der Waals surface area contributed by atoms with Crippen LogP contribution in [-0.2, 0) is 25.8 Å². The van der Waals surface area contributed by atoms with Gasteiger partial charge in [-0.15, -0.1) is 0 Å². The second kappa shape index (κ2) is 6.34. The van der Waals surface area contributed by atoms with Gasteiger partial charge in [0.15, 0.2) is 5.69 Å². The van der Waals surface area contributed by atoms with Gasteiger partial charge in [0.25, 0.3) is 5.91 Å². The lowest BCUT2D eigenvalue weighted by Crippen LogP contribution is -2.36. The molecule has 0 fully saturated rings.